The van der Waals surface area contributed by atoms with Gasteiger partial charge in [-0.25, -0.2) is 0 Å². The Morgan fingerprint density at radius 2 is 1.60 bits per heavy atom. The zero-order valence-electron chi connectivity index (χ0n) is 18.8. The Labute approximate surface area is 200 Å². The van der Waals surface area contributed by atoms with E-state index in [1.54, 1.807) is 5.57 Å². The highest BCUT2D eigenvalue weighted by molar-refractivity contribution is 8.21. The molecule has 0 bridgehead atoms. The van der Waals surface area contributed by atoms with Crippen LogP contribution in [0.2, 0.25) is 0 Å². The number of aliphatic hydroxyl groups excluding tert-OH is 1. The summed E-state index contributed by atoms with van der Waals surface area (Å²) < 4.78 is 0.758. The molecule has 5 fully saturated rings. The van der Waals surface area contributed by atoms with Crippen molar-refractivity contribution in [2.75, 3.05) is 23.0 Å². The molecule has 1 nitrogen and oxygen atoms in total. The van der Waals surface area contributed by atoms with Crippen LogP contribution in [0.15, 0.2) is 11.6 Å². The van der Waals surface area contributed by atoms with Gasteiger partial charge < -0.3 is 5.11 Å². The number of hydrogen-bond acceptors (Lipinski definition) is 5. The van der Waals surface area contributed by atoms with Gasteiger partial charge in [0.1, 0.15) is 0 Å². The molecule has 2 heterocycles. The molecule has 5 heteroatoms. The van der Waals surface area contributed by atoms with Crippen molar-refractivity contribution in [1.29, 1.82) is 0 Å². The molecule has 0 unspecified atom stereocenters. The molecule has 2 aliphatic heterocycles. The van der Waals surface area contributed by atoms with Gasteiger partial charge in [-0.15, -0.1) is 47.0 Å². The van der Waals surface area contributed by atoms with E-state index in [1.807, 2.05) is 0 Å². The van der Waals surface area contributed by atoms with Crippen molar-refractivity contribution in [2.45, 2.75) is 80.0 Å². The van der Waals surface area contributed by atoms with Crippen molar-refractivity contribution in [3.8, 4) is 0 Å². The fourth-order valence-corrected chi connectivity index (χ4v) is 15.7. The fraction of sp³-hybridized carbons (Fsp3) is 0.920. The van der Waals surface area contributed by atoms with Gasteiger partial charge in [-0.1, -0.05) is 25.5 Å². The minimum Gasteiger partial charge on any atom is -0.393 e. The first-order valence-corrected chi connectivity index (χ1v) is 16.2. The molecule has 2 saturated heterocycles. The van der Waals surface area contributed by atoms with E-state index in [9.17, 15) is 5.11 Å². The summed E-state index contributed by atoms with van der Waals surface area (Å²) in [5.41, 5.74) is 2.31. The Morgan fingerprint density at radius 1 is 0.900 bits per heavy atom. The highest BCUT2D eigenvalue weighted by atomic mass is 32.2. The molecule has 0 amide bonds. The van der Waals surface area contributed by atoms with Gasteiger partial charge in [0.15, 0.2) is 0 Å². The van der Waals surface area contributed by atoms with Gasteiger partial charge in [0.2, 0.25) is 0 Å². The number of fused-ring (bicyclic) bond motifs is 5. The average molecular weight is 483 g/mol. The first-order chi connectivity index (χ1) is 14.3. The molecule has 0 aromatic carbocycles. The van der Waals surface area contributed by atoms with Crippen LogP contribution in [0.3, 0.4) is 0 Å². The molecule has 0 aromatic heterocycles. The maximum atomic E-state index is 11.8. The Hall–Kier alpha value is 1.10. The molecule has 0 aromatic rings. The van der Waals surface area contributed by atoms with Crippen LogP contribution in [0, 0.1) is 34.5 Å². The molecule has 6 aliphatic rings. The van der Waals surface area contributed by atoms with Gasteiger partial charge in [0, 0.05) is 23.0 Å². The topological polar surface area (TPSA) is 20.2 Å². The molecule has 6 rings (SSSR count). The molecular weight excluding hydrogens is 445 g/mol. The van der Waals surface area contributed by atoms with Gasteiger partial charge in [-0.2, -0.15) is 0 Å². The first-order valence-electron chi connectivity index (χ1n) is 12.3. The molecule has 1 spiro atoms. The van der Waals surface area contributed by atoms with Crippen LogP contribution in [0.25, 0.3) is 0 Å². The first kappa shape index (κ1) is 21.6. The fourth-order valence-electron chi connectivity index (χ4n) is 9.10. The summed E-state index contributed by atoms with van der Waals surface area (Å²) in [5.74, 6) is 8.11. The Balaban J connectivity index is 1.32. The van der Waals surface area contributed by atoms with Gasteiger partial charge in [-0.3, -0.25) is 0 Å². The summed E-state index contributed by atoms with van der Waals surface area (Å²) in [5, 5.41) is 11.8. The molecular formula is C25H38OS4. The second kappa shape index (κ2) is 7.30. The Kier molecular flexibility index (Phi) is 5.26. The quantitative estimate of drug-likeness (QED) is 0.409. The third-order valence-corrected chi connectivity index (χ3v) is 17.2. The summed E-state index contributed by atoms with van der Waals surface area (Å²) in [6.07, 6.45) is 11.7. The molecule has 3 saturated carbocycles. The summed E-state index contributed by atoms with van der Waals surface area (Å²) in [6, 6.07) is 0. The van der Waals surface area contributed by atoms with Crippen molar-refractivity contribution in [3.05, 3.63) is 11.6 Å². The highest BCUT2D eigenvalue weighted by Crippen LogP contribution is 2.71. The van der Waals surface area contributed by atoms with Gasteiger partial charge in [0.25, 0.3) is 0 Å². The van der Waals surface area contributed by atoms with E-state index in [1.165, 1.54) is 61.5 Å². The molecule has 1 N–H and O–H groups in total. The monoisotopic (exact) mass is 482 g/mol. The number of aliphatic hydroxyl groups is 1. The minimum atomic E-state index is -0.108. The predicted octanol–water partition coefficient (Wildman–Crippen LogP) is 6.91. The zero-order valence-corrected chi connectivity index (χ0v) is 22.1. The van der Waals surface area contributed by atoms with Crippen molar-refractivity contribution >= 4 is 47.0 Å². The summed E-state index contributed by atoms with van der Waals surface area (Å²) in [7, 11) is 0. The van der Waals surface area contributed by atoms with Crippen molar-refractivity contribution in [1.82, 2.24) is 0 Å². The maximum Gasteiger partial charge on any atom is 0.0795 e. The lowest BCUT2D eigenvalue weighted by molar-refractivity contribution is -0.128. The van der Waals surface area contributed by atoms with Crippen LogP contribution in [0.4, 0.5) is 0 Å². The van der Waals surface area contributed by atoms with Crippen LogP contribution in [0.5, 0.6) is 0 Å². The van der Waals surface area contributed by atoms with E-state index < -0.39 is 0 Å². The summed E-state index contributed by atoms with van der Waals surface area (Å²) in [6.45, 7) is 7.68. The number of hydrogen-bond donors (Lipinski definition) is 1. The second-order valence-corrected chi connectivity index (χ2v) is 18.0. The summed E-state index contributed by atoms with van der Waals surface area (Å²) >= 11 is 8.84. The van der Waals surface area contributed by atoms with E-state index in [-0.39, 0.29) is 11.5 Å². The van der Waals surface area contributed by atoms with Crippen molar-refractivity contribution in [2.24, 2.45) is 34.5 Å². The van der Waals surface area contributed by atoms with E-state index in [2.05, 4.69) is 73.9 Å². The van der Waals surface area contributed by atoms with Crippen LogP contribution in [-0.2, 0) is 0 Å². The normalized spacial score (nSPS) is 51.3. The van der Waals surface area contributed by atoms with E-state index in [0.29, 0.717) is 19.5 Å². The van der Waals surface area contributed by atoms with Gasteiger partial charge >= 0.3 is 0 Å². The highest BCUT2D eigenvalue weighted by Gasteiger charge is 2.65. The Bertz CT molecular complexity index is 739. The summed E-state index contributed by atoms with van der Waals surface area (Å²) in [4.78, 5) is 0. The van der Waals surface area contributed by atoms with Gasteiger partial charge in [0.05, 0.1) is 14.3 Å². The largest absolute Gasteiger partial charge is 0.393 e. The third kappa shape index (κ3) is 2.96. The smallest absolute Gasteiger partial charge is 0.0795 e. The minimum absolute atomic E-state index is 0.108. The standard InChI is InChI=1S/C25H38OS4/c1-22-8-9-25(29-12-13-30-25)14-16(22)4-5-17-18-6-7-20(24(3)27-10-11-28-24)23(18,2)15-19(26)21(17)22/h14,17-21,26H,4-13,15H2,1-3H3/t17-,18-,19+,20-,21+,22+,23+/m1/s1. The predicted molar refractivity (Wildman–Crippen MR) is 138 cm³/mol. The van der Waals surface area contributed by atoms with Crippen molar-refractivity contribution < 1.29 is 5.11 Å². The van der Waals surface area contributed by atoms with E-state index in [4.69, 9.17) is 0 Å². The van der Waals surface area contributed by atoms with E-state index >= 15 is 0 Å². The molecule has 4 aliphatic carbocycles. The lowest BCUT2D eigenvalue weighted by Crippen LogP contribution is -2.58. The molecule has 7 atom stereocenters. The lowest BCUT2D eigenvalue weighted by atomic mass is 9.46. The SMILES string of the molecule is CC1([C@@H]2CC[C@@H]3[C@H]4CCC5=CC6(CC[C@]5(C)[C@@H]4[C@@H](O)C[C@@]32C)SCCS6)SCCS1. The van der Waals surface area contributed by atoms with Crippen LogP contribution >= 0.6 is 47.0 Å². The van der Waals surface area contributed by atoms with Gasteiger partial charge in [-0.05, 0) is 86.4 Å². The van der Waals surface area contributed by atoms with Crippen LogP contribution in [0.1, 0.15) is 65.7 Å². The second-order valence-electron chi connectivity index (χ2n) is 11.6. The van der Waals surface area contributed by atoms with Crippen LogP contribution in [-0.4, -0.2) is 42.4 Å². The molecule has 0 radical (unpaired) electrons. The molecule has 168 valence electrons. The van der Waals surface area contributed by atoms with E-state index in [0.717, 1.165) is 24.2 Å². The lowest BCUT2D eigenvalue weighted by Gasteiger charge is -2.61. The number of rotatable bonds is 1. The van der Waals surface area contributed by atoms with Crippen molar-refractivity contribution in [3.63, 3.8) is 0 Å². The molecule has 30 heavy (non-hydrogen) atoms. The number of allylic oxidation sites excluding steroid dienone is 1. The maximum absolute atomic E-state index is 11.8. The Morgan fingerprint density at radius 3 is 2.33 bits per heavy atom. The third-order valence-electron chi connectivity index (χ3n) is 10.3. The zero-order chi connectivity index (χ0) is 20.8. The van der Waals surface area contributed by atoms with Crippen LogP contribution < -0.4 is 0 Å². The average Bonchev–Trinajstić information content (AvgIpc) is 3.41. The number of thioether (sulfide) groups is 4.